The number of rotatable bonds is 8. The molecule has 1 N–H and O–H groups in total. The normalized spacial score (nSPS) is 19.7. The highest BCUT2D eigenvalue weighted by Crippen LogP contribution is 2.29. The molecular formula is C22H28N4O3. The van der Waals surface area contributed by atoms with Gasteiger partial charge in [0.2, 0.25) is 5.91 Å². The molecule has 0 radical (unpaired) electrons. The Kier molecular flexibility index (Phi) is 5.83. The first-order valence-electron chi connectivity index (χ1n) is 10.3. The number of hydrogen-bond acceptors (Lipinski definition) is 6. The summed E-state index contributed by atoms with van der Waals surface area (Å²) in [7, 11) is 0. The van der Waals surface area contributed by atoms with Crippen LogP contribution in [0.2, 0.25) is 0 Å². The number of amides is 1. The quantitative estimate of drug-likeness (QED) is 0.739. The standard InChI is InChI=1S/C22H28N4O3/c1-15(24-16(2)27)18-5-7-19(8-6-18)29-20-10-12-26(13-20)21-9-11-23-22(25-21)28-14-17-3-4-17/h5-9,11,15,17,20H,3-4,10,12-14H2,1-2H3,(H,24,27)/t15-,20+/m0/s1. The van der Waals surface area contributed by atoms with Crippen molar-refractivity contribution >= 4 is 11.7 Å². The number of ether oxygens (including phenoxy) is 2. The van der Waals surface area contributed by atoms with Crippen LogP contribution in [-0.2, 0) is 4.79 Å². The third-order valence-electron chi connectivity index (χ3n) is 5.34. The number of carbonyl (C=O) groups excluding carboxylic acids is 1. The summed E-state index contributed by atoms with van der Waals surface area (Å²) in [6, 6.07) is 10.3. The van der Waals surface area contributed by atoms with E-state index < -0.39 is 0 Å². The summed E-state index contributed by atoms with van der Waals surface area (Å²) in [5.41, 5.74) is 1.06. The van der Waals surface area contributed by atoms with Gasteiger partial charge in [-0.2, -0.15) is 4.98 Å². The van der Waals surface area contributed by atoms with Crippen LogP contribution in [0.5, 0.6) is 11.8 Å². The van der Waals surface area contributed by atoms with Crippen LogP contribution in [0.4, 0.5) is 5.82 Å². The topological polar surface area (TPSA) is 76.6 Å². The number of benzene rings is 1. The average molecular weight is 396 g/mol. The molecule has 1 aliphatic heterocycles. The zero-order valence-electron chi connectivity index (χ0n) is 17.0. The van der Waals surface area contributed by atoms with E-state index in [0.717, 1.165) is 36.6 Å². The Bertz CT molecular complexity index is 838. The Morgan fingerprint density at radius 3 is 2.76 bits per heavy atom. The average Bonchev–Trinajstić information content (AvgIpc) is 3.43. The molecule has 0 unspecified atom stereocenters. The van der Waals surface area contributed by atoms with E-state index in [1.165, 1.54) is 19.8 Å². The fourth-order valence-electron chi connectivity index (χ4n) is 3.50. The minimum atomic E-state index is -0.0327. The molecule has 1 amide bonds. The zero-order valence-corrected chi connectivity index (χ0v) is 17.0. The van der Waals surface area contributed by atoms with E-state index >= 15 is 0 Å². The molecule has 0 bridgehead atoms. The maximum absolute atomic E-state index is 11.2. The van der Waals surface area contributed by atoms with Gasteiger partial charge in [0.25, 0.3) is 0 Å². The first-order chi connectivity index (χ1) is 14.1. The smallest absolute Gasteiger partial charge is 0.318 e. The number of nitrogens with zero attached hydrogens (tertiary/aromatic N) is 3. The third kappa shape index (κ3) is 5.37. The van der Waals surface area contributed by atoms with Gasteiger partial charge in [-0.15, -0.1) is 0 Å². The molecule has 2 heterocycles. The number of anilines is 1. The summed E-state index contributed by atoms with van der Waals surface area (Å²) in [5.74, 6) is 2.37. The van der Waals surface area contributed by atoms with Crippen molar-refractivity contribution in [2.75, 3.05) is 24.6 Å². The second-order valence-electron chi connectivity index (χ2n) is 7.92. The minimum Gasteiger partial charge on any atom is -0.489 e. The van der Waals surface area contributed by atoms with Crippen LogP contribution >= 0.6 is 0 Å². The zero-order chi connectivity index (χ0) is 20.2. The highest BCUT2D eigenvalue weighted by molar-refractivity contribution is 5.73. The van der Waals surface area contributed by atoms with Gasteiger partial charge in [0.05, 0.1) is 19.2 Å². The fraction of sp³-hybridized carbons (Fsp3) is 0.500. The highest BCUT2D eigenvalue weighted by Gasteiger charge is 2.26. The monoisotopic (exact) mass is 396 g/mol. The number of nitrogens with one attached hydrogen (secondary N) is 1. The maximum Gasteiger partial charge on any atom is 0.318 e. The van der Waals surface area contributed by atoms with E-state index in [9.17, 15) is 4.79 Å². The van der Waals surface area contributed by atoms with Gasteiger partial charge in [0.1, 0.15) is 17.7 Å². The van der Waals surface area contributed by atoms with E-state index in [0.29, 0.717) is 18.5 Å². The lowest BCUT2D eigenvalue weighted by Gasteiger charge is -2.19. The molecular weight excluding hydrogens is 368 g/mol. The van der Waals surface area contributed by atoms with E-state index in [1.807, 2.05) is 37.3 Å². The second-order valence-corrected chi connectivity index (χ2v) is 7.92. The van der Waals surface area contributed by atoms with Crippen molar-refractivity contribution in [1.29, 1.82) is 0 Å². The van der Waals surface area contributed by atoms with Crippen molar-refractivity contribution in [2.45, 2.75) is 45.3 Å². The molecule has 7 heteroatoms. The Balaban J connectivity index is 1.30. The molecule has 2 aromatic rings. The Hall–Kier alpha value is -2.83. The summed E-state index contributed by atoms with van der Waals surface area (Å²) in [4.78, 5) is 22.2. The molecule has 2 fully saturated rings. The molecule has 1 aliphatic carbocycles. The third-order valence-corrected chi connectivity index (χ3v) is 5.34. The number of hydrogen-bond donors (Lipinski definition) is 1. The van der Waals surface area contributed by atoms with Crippen LogP contribution in [-0.4, -0.2) is 41.7 Å². The Morgan fingerprint density at radius 1 is 1.24 bits per heavy atom. The maximum atomic E-state index is 11.2. The summed E-state index contributed by atoms with van der Waals surface area (Å²) in [6.07, 6.45) is 5.30. The highest BCUT2D eigenvalue weighted by atomic mass is 16.5. The van der Waals surface area contributed by atoms with Gasteiger partial charge in [-0.05, 0) is 49.4 Å². The molecule has 29 heavy (non-hydrogen) atoms. The fourth-order valence-corrected chi connectivity index (χ4v) is 3.50. The molecule has 1 aromatic heterocycles. The van der Waals surface area contributed by atoms with Crippen molar-refractivity contribution in [1.82, 2.24) is 15.3 Å². The largest absolute Gasteiger partial charge is 0.489 e. The lowest BCUT2D eigenvalue weighted by Crippen LogP contribution is -2.25. The van der Waals surface area contributed by atoms with E-state index in [4.69, 9.17) is 9.47 Å². The molecule has 4 rings (SSSR count). The lowest BCUT2D eigenvalue weighted by molar-refractivity contribution is -0.119. The van der Waals surface area contributed by atoms with Crippen molar-refractivity contribution in [2.24, 2.45) is 5.92 Å². The van der Waals surface area contributed by atoms with Gasteiger partial charge in [0, 0.05) is 26.1 Å². The van der Waals surface area contributed by atoms with E-state index in [-0.39, 0.29) is 18.1 Å². The number of carbonyl (C=O) groups is 1. The first-order valence-corrected chi connectivity index (χ1v) is 10.3. The predicted molar refractivity (Wildman–Crippen MR) is 110 cm³/mol. The van der Waals surface area contributed by atoms with Crippen LogP contribution in [0.25, 0.3) is 0 Å². The molecule has 154 valence electrons. The molecule has 7 nitrogen and oxygen atoms in total. The molecule has 2 aliphatic rings. The van der Waals surface area contributed by atoms with Crippen molar-refractivity contribution < 1.29 is 14.3 Å². The van der Waals surface area contributed by atoms with Crippen molar-refractivity contribution in [3.8, 4) is 11.8 Å². The van der Waals surface area contributed by atoms with E-state index in [1.54, 1.807) is 6.20 Å². The second kappa shape index (κ2) is 8.68. The van der Waals surface area contributed by atoms with Gasteiger partial charge in [-0.25, -0.2) is 4.98 Å². The van der Waals surface area contributed by atoms with E-state index in [2.05, 4.69) is 20.2 Å². The molecule has 1 saturated carbocycles. The van der Waals surface area contributed by atoms with Gasteiger partial charge < -0.3 is 19.7 Å². The van der Waals surface area contributed by atoms with Crippen molar-refractivity contribution in [3.05, 3.63) is 42.1 Å². The van der Waals surface area contributed by atoms with Gasteiger partial charge in [0.15, 0.2) is 0 Å². The summed E-state index contributed by atoms with van der Waals surface area (Å²) in [6.45, 7) is 5.88. The summed E-state index contributed by atoms with van der Waals surface area (Å²) >= 11 is 0. The Labute approximate surface area is 171 Å². The molecule has 1 aromatic carbocycles. The van der Waals surface area contributed by atoms with Crippen LogP contribution in [0, 0.1) is 5.92 Å². The SMILES string of the molecule is CC(=O)N[C@@H](C)c1ccc(O[C@@H]2CCN(c3ccnc(OCC4CC4)n3)C2)cc1. The molecule has 1 saturated heterocycles. The van der Waals surface area contributed by atoms with Crippen LogP contribution in [0.1, 0.15) is 44.7 Å². The first kappa shape index (κ1) is 19.5. The van der Waals surface area contributed by atoms with Crippen LogP contribution in [0.15, 0.2) is 36.5 Å². The van der Waals surface area contributed by atoms with Crippen LogP contribution < -0.4 is 19.7 Å². The number of aromatic nitrogens is 2. The molecule has 0 spiro atoms. The van der Waals surface area contributed by atoms with Crippen molar-refractivity contribution in [3.63, 3.8) is 0 Å². The predicted octanol–water partition coefficient (Wildman–Crippen LogP) is 3.12. The lowest BCUT2D eigenvalue weighted by atomic mass is 10.1. The minimum absolute atomic E-state index is 0.0161. The summed E-state index contributed by atoms with van der Waals surface area (Å²) in [5, 5.41) is 2.89. The molecule has 2 atom stereocenters. The van der Waals surface area contributed by atoms with Gasteiger partial charge >= 0.3 is 6.01 Å². The summed E-state index contributed by atoms with van der Waals surface area (Å²) < 4.78 is 11.9. The van der Waals surface area contributed by atoms with Gasteiger partial charge in [-0.3, -0.25) is 4.79 Å². The Morgan fingerprint density at radius 2 is 2.03 bits per heavy atom. The van der Waals surface area contributed by atoms with Gasteiger partial charge in [-0.1, -0.05) is 12.1 Å². The van der Waals surface area contributed by atoms with Crippen LogP contribution in [0.3, 0.4) is 0 Å².